The molecule has 1 saturated heterocycles. The van der Waals surface area contributed by atoms with Gasteiger partial charge in [-0.25, -0.2) is 0 Å². The molecule has 0 amide bonds. The van der Waals surface area contributed by atoms with Gasteiger partial charge in [-0.2, -0.15) is 0 Å². The second kappa shape index (κ2) is 7.36. The maximum atomic E-state index is 3.78. The van der Waals surface area contributed by atoms with E-state index in [-0.39, 0.29) is 0 Å². The van der Waals surface area contributed by atoms with Crippen molar-refractivity contribution in [1.29, 1.82) is 0 Å². The number of nitrogens with zero attached hydrogens (tertiary/aromatic N) is 2. The van der Waals surface area contributed by atoms with Crippen molar-refractivity contribution in [3.63, 3.8) is 0 Å². The molecule has 21 heavy (non-hydrogen) atoms. The van der Waals surface area contributed by atoms with E-state index in [9.17, 15) is 0 Å². The Labute approximate surface area is 128 Å². The van der Waals surface area contributed by atoms with Crippen LogP contribution in [-0.4, -0.2) is 62.7 Å². The third kappa shape index (κ3) is 4.04. The van der Waals surface area contributed by atoms with Crippen LogP contribution >= 0.6 is 0 Å². The van der Waals surface area contributed by atoms with Gasteiger partial charge in [-0.05, 0) is 31.1 Å². The molecule has 2 aliphatic rings. The average Bonchev–Trinajstić information content (AvgIpc) is 2.72. The Morgan fingerprint density at radius 2 is 2.00 bits per heavy atom. The molecule has 2 aliphatic heterocycles. The van der Waals surface area contributed by atoms with E-state index in [0.717, 1.165) is 19.6 Å². The molecule has 2 heterocycles. The predicted molar refractivity (Wildman–Crippen MR) is 87.4 cm³/mol. The third-order valence-electron chi connectivity index (χ3n) is 4.77. The summed E-state index contributed by atoms with van der Waals surface area (Å²) in [6.45, 7) is 9.19. The van der Waals surface area contributed by atoms with Gasteiger partial charge in [0.2, 0.25) is 0 Å². The largest absolute Gasteiger partial charge is 0.313 e. The average molecular weight is 288 g/mol. The summed E-state index contributed by atoms with van der Waals surface area (Å²) in [4.78, 5) is 4.99. The molecule has 3 rings (SSSR count). The van der Waals surface area contributed by atoms with Crippen LogP contribution in [-0.2, 0) is 6.54 Å². The van der Waals surface area contributed by atoms with E-state index < -0.39 is 0 Å². The molecule has 0 aromatic heterocycles. The Morgan fingerprint density at radius 3 is 2.86 bits per heavy atom. The van der Waals surface area contributed by atoms with Crippen molar-refractivity contribution >= 4 is 0 Å². The van der Waals surface area contributed by atoms with Gasteiger partial charge in [0, 0.05) is 51.9 Å². The molecule has 116 valence electrons. The van der Waals surface area contributed by atoms with Crippen LogP contribution in [0.2, 0.25) is 0 Å². The third-order valence-corrected chi connectivity index (χ3v) is 4.77. The Morgan fingerprint density at radius 1 is 1.19 bits per heavy atom. The summed E-state index contributed by atoms with van der Waals surface area (Å²) in [5.74, 6) is 0. The molecule has 0 bridgehead atoms. The first-order valence-corrected chi connectivity index (χ1v) is 8.26. The molecule has 0 saturated carbocycles. The molecule has 1 fully saturated rings. The fourth-order valence-corrected chi connectivity index (χ4v) is 3.34. The number of hydrogen-bond donors (Lipinski definition) is 2. The smallest absolute Gasteiger partial charge is 0.0336 e. The molecule has 4 nitrogen and oxygen atoms in total. The van der Waals surface area contributed by atoms with Gasteiger partial charge in [0.25, 0.3) is 0 Å². The quantitative estimate of drug-likeness (QED) is 0.867. The van der Waals surface area contributed by atoms with Gasteiger partial charge in [-0.3, -0.25) is 4.90 Å². The van der Waals surface area contributed by atoms with E-state index in [1.54, 1.807) is 0 Å². The predicted octanol–water partition coefficient (Wildman–Crippen LogP) is 1.06. The highest BCUT2D eigenvalue weighted by molar-refractivity contribution is 5.30. The van der Waals surface area contributed by atoms with Gasteiger partial charge in [0.05, 0.1) is 0 Å². The second-order valence-corrected chi connectivity index (χ2v) is 6.32. The molecule has 0 spiro atoms. The van der Waals surface area contributed by atoms with Crippen molar-refractivity contribution in [1.82, 2.24) is 20.4 Å². The molecular formula is C17H28N4. The highest BCUT2D eigenvalue weighted by Crippen LogP contribution is 2.23. The summed E-state index contributed by atoms with van der Waals surface area (Å²) in [5.41, 5.74) is 2.94. The fraction of sp³-hybridized carbons (Fsp3) is 0.647. The second-order valence-electron chi connectivity index (χ2n) is 6.32. The Bertz CT molecular complexity index is 440. The molecule has 1 unspecified atom stereocenters. The minimum Gasteiger partial charge on any atom is -0.313 e. The monoisotopic (exact) mass is 288 g/mol. The Balaban J connectivity index is 1.51. The van der Waals surface area contributed by atoms with E-state index in [2.05, 4.69) is 51.7 Å². The maximum Gasteiger partial charge on any atom is 0.0336 e. The first-order chi connectivity index (χ1) is 10.3. The zero-order valence-electron chi connectivity index (χ0n) is 13.1. The number of benzene rings is 1. The molecule has 0 radical (unpaired) electrons. The lowest BCUT2D eigenvalue weighted by Gasteiger charge is -2.32. The lowest BCUT2D eigenvalue weighted by Crippen LogP contribution is -2.46. The van der Waals surface area contributed by atoms with Gasteiger partial charge in [0.15, 0.2) is 0 Å². The van der Waals surface area contributed by atoms with E-state index in [0.29, 0.717) is 6.04 Å². The minimum absolute atomic E-state index is 0.503. The molecule has 4 heteroatoms. The molecule has 1 aromatic carbocycles. The van der Waals surface area contributed by atoms with Crippen molar-refractivity contribution in [2.24, 2.45) is 0 Å². The Kier molecular flexibility index (Phi) is 5.25. The number of piperazine rings is 1. The summed E-state index contributed by atoms with van der Waals surface area (Å²) >= 11 is 0. The van der Waals surface area contributed by atoms with Crippen LogP contribution in [0, 0.1) is 0 Å². The summed E-state index contributed by atoms with van der Waals surface area (Å²) in [5, 5.41) is 7.30. The van der Waals surface area contributed by atoms with Gasteiger partial charge >= 0.3 is 0 Å². The number of nitrogens with one attached hydrogen (secondary N) is 2. The first-order valence-electron chi connectivity index (χ1n) is 8.26. The van der Waals surface area contributed by atoms with E-state index in [4.69, 9.17) is 0 Å². The van der Waals surface area contributed by atoms with Gasteiger partial charge in [0.1, 0.15) is 0 Å². The van der Waals surface area contributed by atoms with E-state index in [1.807, 2.05) is 0 Å². The maximum absolute atomic E-state index is 3.78. The van der Waals surface area contributed by atoms with Crippen LogP contribution in [0.4, 0.5) is 0 Å². The summed E-state index contributed by atoms with van der Waals surface area (Å²) < 4.78 is 0. The minimum atomic E-state index is 0.503. The van der Waals surface area contributed by atoms with Crippen molar-refractivity contribution in [3.8, 4) is 0 Å². The van der Waals surface area contributed by atoms with Crippen LogP contribution in [0.15, 0.2) is 24.3 Å². The summed E-state index contributed by atoms with van der Waals surface area (Å²) in [6.07, 6.45) is 1.18. The van der Waals surface area contributed by atoms with Crippen molar-refractivity contribution in [3.05, 3.63) is 35.4 Å². The van der Waals surface area contributed by atoms with Crippen LogP contribution in [0.3, 0.4) is 0 Å². The number of hydrogen-bond acceptors (Lipinski definition) is 4. The van der Waals surface area contributed by atoms with Crippen molar-refractivity contribution in [2.75, 3.05) is 52.9 Å². The van der Waals surface area contributed by atoms with E-state index in [1.165, 1.54) is 50.3 Å². The lowest BCUT2D eigenvalue weighted by atomic mass is 9.99. The van der Waals surface area contributed by atoms with Crippen LogP contribution in [0.25, 0.3) is 0 Å². The number of rotatable bonds is 4. The van der Waals surface area contributed by atoms with Crippen LogP contribution < -0.4 is 10.6 Å². The SMILES string of the molecule is CN1CCN(CCNC2CCNCc3ccccc32)CC1. The van der Waals surface area contributed by atoms with Crippen LogP contribution in [0.1, 0.15) is 23.6 Å². The fourth-order valence-electron chi connectivity index (χ4n) is 3.34. The standard InChI is InChI=1S/C17H28N4/c1-20-10-12-21(13-11-20)9-8-19-17-6-7-18-14-15-4-2-3-5-16(15)17/h2-5,17-19H,6-14H2,1H3. The zero-order valence-corrected chi connectivity index (χ0v) is 13.1. The molecule has 1 atom stereocenters. The first kappa shape index (κ1) is 15.0. The van der Waals surface area contributed by atoms with E-state index >= 15 is 0 Å². The number of likely N-dealkylation sites (N-methyl/N-ethyl adjacent to an activating group) is 1. The molecule has 1 aromatic rings. The molecular weight excluding hydrogens is 260 g/mol. The molecule has 2 N–H and O–H groups in total. The van der Waals surface area contributed by atoms with Crippen molar-refractivity contribution < 1.29 is 0 Å². The van der Waals surface area contributed by atoms with Crippen molar-refractivity contribution in [2.45, 2.75) is 19.0 Å². The molecule has 0 aliphatic carbocycles. The summed E-state index contributed by atoms with van der Waals surface area (Å²) in [7, 11) is 2.21. The number of fused-ring (bicyclic) bond motifs is 1. The summed E-state index contributed by atoms with van der Waals surface area (Å²) in [6, 6.07) is 9.36. The van der Waals surface area contributed by atoms with Gasteiger partial charge < -0.3 is 15.5 Å². The normalized spacial score (nSPS) is 24.5. The highest BCUT2D eigenvalue weighted by atomic mass is 15.2. The zero-order chi connectivity index (χ0) is 14.5. The van der Waals surface area contributed by atoms with Gasteiger partial charge in [-0.15, -0.1) is 0 Å². The Hall–Kier alpha value is -0.940. The van der Waals surface area contributed by atoms with Crippen LogP contribution in [0.5, 0.6) is 0 Å². The van der Waals surface area contributed by atoms with Gasteiger partial charge in [-0.1, -0.05) is 24.3 Å². The lowest BCUT2D eigenvalue weighted by molar-refractivity contribution is 0.153. The highest BCUT2D eigenvalue weighted by Gasteiger charge is 2.18. The topological polar surface area (TPSA) is 30.5 Å².